The van der Waals surface area contributed by atoms with E-state index < -0.39 is 0 Å². The van der Waals surface area contributed by atoms with Gasteiger partial charge in [-0.25, -0.2) is 15.0 Å². The molecule has 1 aromatic carbocycles. The van der Waals surface area contributed by atoms with Gasteiger partial charge >= 0.3 is 0 Å². The monoisotopic (exact) mass is 550 g/mol. The number of carbonyl (C=O) groups excluding carboxylic acids is 1. The van der Waals surface area contributed by atoms with Crippen LogP contribution < -0.4 is 10.2 Å². The quantitative estimate of drug-likeness (QED) is 0.341. The van der Waals surface area contributed by atoms with Crippen LogP contribution in [0.2, 0.25) is 0 Å². The minimum absolute atomic E-state index is 0.209. The van der Waals surface area contributed by atoms with E-state index in [-0.39, 0.29) is 5.91 Å². The van der Waals surface area contributed by atoms with Gasteiger partial charge in [-0.3, -0.25) is 9.48 Å². The lowest BCUT2D eigenvalue weighted by molar-refractivity contribution is 0.102. The highest BCUT2D eigenvalue weighted by Crippen LogP contribution is 2.33. The summed E-state index contributed by atoms with van der Waals surface area (Å²) in [6.07, 6.45) is 11.0. The van der Waals surface area contributed by atoms with Crippen LogP contribution in [0.5, 0.6) is 0 Å². The molecule has 0 radical (unpaired) electrons. The van der Waals surface area contributed by atoms with Crippen LogP contribution in [0.1, 0.15) is 29.2 Å². The van der Waals surface area contributed by atoms with Crippen LogP contribution in [0.4, 0.5) is 11.5 Å². The number of hydrogen-bond acceptors (Lipinski definition) is 8. The number of pyridine rings is 1. The second kappa shape index (κ2) is 10.6. The first kappa shape index (κ1) is 25.6. The van der Waals surface area contributed by atoms with E-state index in [1.165, 1.54) is 0 Å². The SMILES string of the molecule is CN1CCC(n2cc(NC(=O)c3cnc4[nH]cc(-c5ccc6ncnc(N7CCN(C)CC7)c6c5)c4c3)cn2)CC1. The van der Waals surface area contributed by atoms with Crippen molar-refractivity contribution < 1.29 is 4.79 Å². The third-order valence-corrected chi connectivity index (χ3v) is 8.44. The molecule has 41 heavy (non-hydrogen) atoms. The number of benzene rings is 1. The minimum atomic E-state index is -0.209. The predicted molar refractivity (Wildman–Crippen MR) is 160 cm³/mol. The van der Waals surface area contributed by atoms with Crippen molar-refractivity contribution in [2.24, 2.45) is 0 Å². The topological polar surface area (TPSA) is 111 Å². The fourth-order valence-electron chi connectivity index (χ4n) is 5.91. The standard InChI is InChI=1S/C30H34N10O/c1-37-7-5-23(6-8-37)40-18-22(16-35-40)36-30(41)21-14-24-26(17-32-28(24)31-15-21)20-3-4-27-25(13-20)29(34-19-33-27)39-11-9-38(2)10-12-39/h3-4,13-19,23H,5-12H2,1-2H3,(H,31,32)(H,36,41). The maximum absolute atomic E-state index is 13.2. The van der Waals surface area contributed by atoms with Gasteiger partial charge in [0, 0.05) is 61.1 Å². The molecule has 0 atom stereocenters. The highest BCUT2D eigenvalue weighted by Gasteiger charge is 2.21. The molecule has 0 unspecified atom stereocenters. The Hall–Kier alpha value is -4.35. The van der Waals surface area contributed by atoms with Crippen LogP contribution >= 0.6 is 0 Å². The highest BCUT2D eigenvalue weighted by atomic mass is 16.1. The summed E-state index contributed by atoms with van der Waals surface area (Å²) in [6.45, 7) is 5.97. The molecule has 6 heterocycles. The number of hydrogen-bond donors (Lipinski definition) is 2. The number of likely N-dealkylation sites (N-methyl/N-ethyl adjacent to an activating group) is 1. The molecule has 0 saturated carbocycles. The second-order valence-electron chi connectivity index (χ2n) is 11.2. The van der Waals surface area contributed by atoms with Crippen molar-refractivity contribution in [1.82, 2.24) is 39.5 Å². The molecule has 2 fully saturated rings. The lowest BCUT2D eigenvalue weighted by Crippen LogP contribution is -2.44. The van der Waals surface area contributed by atoms with Gasteiger partial charge in [0.05, 0.1) is 29.0 Å². The van der Waals surface area contributed by atoms with Crippen molar-refractivity contribution in [1.29, 1.82) is 0 Å². The van der Waals surface area contributed by atoms with Crippen molar-refractivity contribution in [2.75, 3.05) is 63.6 Å². The van der Waals surface area contributed by atoms with Gasteiger partial charge in [0.15, 0.2) is 0 Å². The van der Waals surface area contributed by atoms with Gasteiger partial charge in [0.1, 0.15) is 17.8 Å². The molecule has 0 bridgehead atoms. The molecule has 11 heteroatoms. The number of piperidine rings is 1. The molecule has 2 N–H and O–H groups in total. The first-order valence-electron chi connectivity index (χ1n) is 14.2. The number of nitrogens with zero attached hydrogens (tertiary/aromatic N) is 8. The Kier molecular flexibility index (Phi) is 6.60. The number of fused-ring (bicyclic) bond motifs is 2. The molecule has 4 aromatic heterocycles. The Morgan fingerprint density at radius 1 is 0.927 bits per heavy atom. The normalized spacial score (nSPS) is 17.5. The van der Waals surface area contributed by atoms with Gasteiger partial charge in [0.2, 0.25) is 0 Å². The number of aromatic nitrogens is 6. The number of carbonyl (C=O) groups is 1. The number of H-pyrrole nitrogens is 1. The number of piperazine rings is 1. The Morgan fingerprint density at radius 2 is 1.73 bits per heavy atom. The maximum atomic E-state index is 13.2. The zero-order valence-corrected chi connectivity index (χ0v) is 23.4. The molecule has 0 aliphatic carbocycles. The highest BCUT2D eigenvalue weighted by molar-refractivity contribution is 6.07. The smallest absolute Gasteiger partial charge is 0.257 e. The van der Waals surface area contributed by atoms with Crippen molar-refractivity contribution in [3.05, 3.63) is 60.9 Å². The van der Waals surface area contributed by atoms with E-state index >= 15 is 0 Å². The molecular formula is C30H34N10O. The third kappa shape index (κ3) is 5.02. The Labute approximate surface area is 238 Å². The molecule has 2 aliphatic rings. The number of anilines is 2. The molecule has 2 saturated heterocycles. The molecule has 5 aromatic rings. The summed E-state index contributed by atoms with van der Waals surface area (Å²) in [5.74, 6) is 0.752. The first-order valence-corrected chi connectivity index (χ1v) is 14.2. The fourth-order valence-corrected chi connectivity index (χ4v) is 5.91. The number of aromatic amines is 1. The fraction of sp³-hybridized carbons (Fsp3) is 0.367. The third-order valence-electron chi connectivity index (χ3n) is 8.44. The second-order valence-corrected chi connectivity index (χ2v) is 11.2. The predicted octanol–water partition coefficient (Wildman–Crippen LogP) is 3.64. The summed E-state index contributed by atoms with van der Waals surface area (Å²) >= 11 is 0. The van der Waals surface area contributed by atoms with Crippen LogP contribution in [0.3, 0.4) is 0 Å². The first-order chi connectivity index (χ1) is 20.0. The average molecular weight is 551 g/mol. The lowest BCUT2D eigenvalue weighted by Gasteiger charge is -2.33. The van der Waals surface area contributed by atoms with Gasteiger partial charge in [-0.1, -0.05) is 6.07 Å². The Morgan fingerprint density at radius 3 is 2.56 bits per heavy atom. The summed E-state index contributed by atoms with van der Waals surface area (Å²) < 4.78 is 1.98. The number of amides is 1. The van der Waals surface area contributed by atoms with E-state index in [1.54, 1.807) is 18.7 Å². The molecule has 0 spiro atoms. The van der Waals surface area contributed by atoms with Crippen LogP contribution in [-0.4, -0.2) is 98.8 Å². The van der Waals surface area contributed by atoms with Crippen LogP contribution in [0.15, 0.2) is 55.4 Å². The van der Waals surface area contributed by atoms with Crippen molar-refractivity contribution in [2.45, 2.75) is 18.9 Å². The summed E-state index contributed by atoms with van der Waals surface area (Å²) in [6, 6.07) is 8.52. The number of nitrogens with one attached hydrogen (secondary N) is 2. The van der Waals surface area contributed by atoms with Gasteiger partial charge in [-0.15, -0.1) is 0 Å². The lowest BCUT2D eigenvalue weighted by atomic mass is 10.0. The summed E-state index contributed by atoms with van der Waals surface area (Å²) in [4.78, 5) is 37.3. The molecule has 11 nitrogen and oxygen atoms in total. The van der Waals surface area contributed by atoms with Gasteiger partial charge in [-0.05, 0) is 63.8 Å². The molecule has 7 rings (SSSR count). The van der Waals surface area contributed by atoms with Crippen LogP contribution in [0, 0.1) is 0 Å². The van der Waals surface area contributed by atoms with Crippen LogP contribution in [0.25, 0.3) is 33.1 Å². The van der Waals surface area contributed by atoms with E-state index in [2.05, 4.69) is 71.3 Å². The van der Waals surface area contributed by atoms with Gasteiger partial charge in [-0.2, -0.15) is 5.10 Å². The van der Waals surface area contributed by atoms with Crippen molar-refractivity contribution >= 4 is 39.3 Å². The van der Waals surface area contributed by atoms with Gasteiger partial charge in [0.25, 0.3) is 5.91 Å². The number of rotatable bonds is 5. The summed E-state index contributed by atoms with van der Waals surface area (Å²) in [7, 11) is 4.29. The van der Waals surface area contributed by atoms with E-state index in [4.69, 9.17) is 0 Å². The maximum Gasteiger partial charge on any atom is 0.257 e. The number of likely N-dealkylation sites (tertiary alicyclic amines) is 1. The Balaban J connectivity index is 1.15. The van der Waals surface area contributed by atoms with E-state index in [0.29, 0.717) is 17.3 Å². The summed E-state index contributed by atoms with van der Waals surface area (Å²) in [5, 5.41) is 9.44. The minimum Gasteiger partial charge on any atom is -0.353 e. The zero-order chi connectivity index (χ0) is 27.9. The van der Waals surface area contributed by atoms with Crippen LogP contribution in [-0.2, 0) is 0 Å². The Bertz CT molecular complexity index is 1710. The van der Waals surface area contributed by atoms with E-state index in [0.717, 1.165) is 91.0 Å². The largest absolute Gasteiger partial charge is 0.353 e. The van der Waals surface area contributed by atoms with E-state index in [1.807, 2.05) is 29.2 Å². The molecule has 1 amide bonds. The van der Waals surface area contributed by atoms with Gasteiger partial charge < -0.3 is 25.0 Å². The summed E-state index contributed by atoms with van der Waals surface area (Å²) in [5.41, 5.74) is 4.83. The molecular weight excluding hydrogens is 516 g/mol. The average Bonchev–Trinajstić information content (AvgIpc) is 3.64. The van der Waals surface area contributed by atoms with Crippen molar-refractivity contribution in [3.63, 3.8) is 0 Å². The van der Waals surface area contributed by atoms with E-state index in [9.17, 15) is 4.79 Å². The van der Waals surface area contributed by atoms with Crippen molar-refractivity contribution in [3.8, 4) is 11.1 Å². The zero-order valence-electron chi connectivity index (χ0n) is 23.4. The molecule has 2 aliphatic heterocycles. The molecule has 210 valence electrons.